The number of nitrogens with zero attached hydrogens (tertiary/aromatic N) is 4. The van der Waals surface area contributed by atoms with E-state index in [1.807, 2.05) is 124 Å². The Morgan fingerprint density at radius 1 is 0.600 bits per heavy atom. The number of aliphatic carboxylic acids is 1. The number of hydrogen-bond acceptors (Lipinski definition) is 10. The van der Waals surface area contributed by atoms with Gasteiger partial charge in [-0.3, -0.25) is 38.7 Å². The molecule has 0 aliphatic carbocycles. The molecule has 2 aromatic carbocycles. The predicted octanol–water partition coefficient (Wildman–Crippen LogP) is 7.45. The van der Waals surface area contributed by atoms with Crippen molar-refractivity contribution >= 4 is 23.8 Å². The molecule has 0 spiro atoms. The standard InChI is InChI=1S/C30H37N3O4.C28H33N3O4.CH4.Li.H2O/c1-7-37-28(35)18-24(23-11-13-31-25(17-23)29-21(5)9-8-10-22(29)6)32-30(36)26(15-19(2)3)33-14-12-20(4)16-27(33)34;1-17(2)13-24(31-12-10-18(3)14-25(31)32)28(35)30-22(16-26(33)34)21-9-11-29-23(15-21)27-19(4)7-6-8-20(27)5;;;/h8-14,16-17,19,24,26H,7,15,18H2,1-6H3,(H,32,36);6-12,14-15,17,22,24H,13,16H2,1-5H3,(H,30,35)(H,33,34);1H4;;1H2/q;;;+1;/p-1/t24-,26?;22-,24?;;;/m00.../s1. The largest absolute Gasteiger partial charge is 1.00 e. The summed E-state index contributed by atoms with van der Waals surface area (Å²) in [7, 11) is 0. The smallest absolute Gasteiger partial charge is 0.870 e. The van der Waals surface area contributed by atoms with Crippen LogP contribution in [-0.2, 0) is 23.9 Å². The van der Waals surface area contributed by atoms with Crippen molar-refractivity contribution in [2.75, 3.05) is 6.61 Å². The summed E-state index contributed by atoms with van der Waals surface area (Å²) in [6.07, 6.45) is 7.21. The van der Waals surface area contributed by atoms with Gasteiger partial charge in [-0.15, -0.1) is 0 Å². The Bertz CT molecular complexity index is 2960. The van der Waals surface area contributed by atoms with Crippen LogP contribution < -0.4 is 40.6 Å². The second-order valence-electron chi connectivity index (χ2n) is 19.4. The number of aryl methyl sites for hydroxylation is 6. The maximum absolute atomic E-state index is 13.7. The summed E-state index contributed by atoms with van der Waals surface area (Å²) in [5.74, 6) is -1.84. The van der Waals surface area contributed by atoms with Crippen LogP contribution in [0.5, 0.6) is 0 Å². The van der Waals surface area contributed by atoms with E-state index in [9.17, 15) is 33.9 Å². The number of rotatable bonds is 19. The van der Waals surface area contributed by atoms with Crippen LogP contribution in [0.4, 0.5) is 0 Å². The first-order chi connectivity index (χ1) is 34.2. The number of pyridine rings is 4. The first kappa shape index (κ1) is 64.2. The van der Waals surface area contributed by atoms with Gasteiger partial charge in [0.25, 0.3) is 11.1 Å². The zero-order chi connectivity index (χ0) is 52.8. The summed E-state index contributed by atoms with van der Waals surface area (Å²) in [5.41, 5.74) is 10.3. The molecule has 0 aliphatic heterocycles. The number of nitrogens with one attached hydrogen (secondary N) is 2. The van der Waals surface area contributed by atoms with E-state index in [0.29, 0.717) is 18.4 Å². The quantitative estimate of drug-likeness (QED) is 0.0534. The predicted molar refractivity (Wildman–Crippen MR) is 290 cm³/mol. The number of hydrogen-bond donors (Lipinski definition) is 3. The maximum atomic E-state index is 13.7. The number of aromatic nitrogens is 4. The van der Waals surface area contributed by atoms with Gasteiger partial charge in [0.1, 0.15) is 12.1 Å². The molecular formula is C59H75LiN6O9. The fourth-order valence-corrected chi connectivity index (χ4v) is 8.92. The van der Waals surface area contributed by atoms with Gasteiger partial charge in [0.15, 0.2) is 0 Å². The van der Waals surface area contributed by atoms with Crippen molar-refractivity contribution in [3.8, 4) is 22.5 Å². The summed E-state index contributed by atoms with van der Waals surface area (Å²) in [5, 5.41) is 15.5. The fraction of sp³-hybridized carbons (Fsp3) is 0.390. The monoisotopic (exact) mass is 1020 g/mol. The molecule has 0 aliphatic rings. The molecule has 0 saturated heterocycles. The van der Waals surface area contributed by atoms with Crippen molar-refractivity contribution in [2.45, 2.75) is 133 Å². The normalized spacial score (nSPS) is 12.3. The molecule has 4 aromatic heterocycles. The number of ether oxygens (including phenoxy) is 1. The van der Waals surface area contributed by atoms with Crippen molar-refractivity contribution in [1.29, 1.82) is 0 Å². The van der Waals surface area contributed by atoms with Crippen LogP contribution in [0.15, 0.2) is 119 Å². The van der Waals surface area contributed by atoms with E-state index < -0.39 is 36.1 Å². The molecular weight excluding hydrogens is 944 g/mol. The Labute approximate surface area is 454 Å². The van der Waals surface area contributed by atoms with E-state index in [1.165, 1.54) is 21.3 Å². The van der Waals surface area contributed by atoms with E-state index >= 15 is 0 Å². The van der Waals surface area contributed by atoms with Crippen LogP contribution in [0, 0.1) is 53.4 Å². The van der Waals surface area contributed by atoms with Crippen LogP contribution in [0.1, 0.15) is 136 Å². The number of amides is 2. The third-order valence-corrected chi connectivity index (χ3v) is 12.4. The van der Waals surface area contributed by atoms with Gasteiger partial charge in [0.2, 0.25) is 11.8 Å². The zero-order valence-corrected chi connectivity index (χ0v) is 44.9. The van der Waals surface area contributed by atoms with Gasteiger partial charge in [-0.2, -0.15) is 0 Å². The van der Waals surface area contributed by atoms with Gasteiger partial charge in [0.05, 0.1) is 42.9 Å². The van der Waals surface area contributed by atoms with Gasteiger partial charge >= 0.3 is 30.8 Å². The number of carbonyl (C=O) groups is 4. The number of benzene rings is 2. The molecule has 4 N–H and O–H groups in total. The van der Waals surface area contributed by atoms with Crippen molar-refractivity contribution in [3.63, 3.8) is 0 Å². The Kier molecular flexibility index (Phi) is 25.5. The van der Waals surface area contributed by atoms with Crippen LogP contribution in [0.3, 0.4) is 0 Å². The fourth-order valence-electron chi connectivity index (χ4n) is 8.92. The number of esters is 1. The maximum Gasteiger partial charge on any atom is 1.00 e. The summed E-state index contributed by atoms with van der Waals surface area (Å²) in [6.45, 7) is 21.7. The summed E-state index contributed by atoms with van der Waals surface area (Å²) >= 11 is 0. The van der Waals surface area contributed by atoms with Gasteiger partial charge in [0, 0.05) is 48.0 Å². The Balaban J connectivity index is 0.000000494. The molecule has 0 bridgehead atoms. The second-order valence-corrected chi connectivity index (χ2v) is 19.4. The van der Waals surface area contributed by atoms with Crippen LogP contribution >= 0.6 is 0 Å². The molecule has 0 saturated carbocycles. The molecule has 4 atom stereocenters. The molecule has 0 fully saturated rings. The molecule has 4 heterocycles. The van der Waals surface area contributed by atoms with Gasteiger partial charge < -0.3 is 35.1 Å². The van der Waals surface area contributed by atoms with E-state index in [0.717, 1.165) is 61.5 Å². The molecule has 16 heteroatoms. The zero-order valence-electron chi connectivity index (χ0n) is 44.9. The molecule has 6 aromatic rings. The van der Waals surface area contributed by atoms with Crippen LogP contribution in [0.2, 0.25) is 0 Å². The number of carbonyl (C=O) groups excluding carboxylic acids is 3. The minimum absolute atomic E-state index is 0. The third kappa shape index (κ3) is 17.9. The summed E-state index contributed by atoms with van der Waals surface area (Å²) in [4.78, 5) is 85.9. The summed E-state index contributed by atoms with van der Waals surface area (Å²) in [6, 6.07) is 23.1. The van der Waals surface area contributed by atoms with Gasteiger partial charge in [-0.25, -0.2) is 0 Å². The molecule has 15 nitrogen and oxygen atoms in total. The van der Waals surface area contributed by atoms with E-state index in [-0.39, 0.29) is 86.0 Å². The van der Waals surface area contributed by atoms with Crippen molar-refractivity contribution in [1.82, 2.24) is 29.7 Å². The number of carboxylic acid groups (broad SMARTS) is 1. The van der Waals surface area contributed by atoms with E-state index in [2.05, 4.69) is 20.6 Å². The van der Waals surface area contributed by atoms with Crippen molar-refractivity contribution in [2.24, 2.45) is 11.8 Å². The average molecular weight is 1020 g/mol. The SMILES string of the molecule is C.CCOC(=O)C[C@H](NC(=O)C(CC(C)C)n1ccc(C)cc1=O)c1ccnc(-c2c(C)cccc2C)c1.Cc1ccn(C(CC(C)C)C(=O)N[C@@H](CC(=O)O)c2ccnc(-c3c(C)cccc3C)c2)c(=O)c1.[Li+].[OH-]. The molecule has 396 valence electrons. The van der Waals surface area contributed by atoms with Crippen molar-refractivity contribution in [3.05, 3.63) is 175 Å². The van der Waals surface area contributed by atoms with Crippen LogP contribution in [-0.4, -0.2) is 60.0 Å². The van der Waals surface area contributed by atoms with Crippen molar-refractivity contribution < 1.29 is 53.4 Å². The van der Waals surface area contributed by atoms with Gasteiger partial charge in [-0.05, 0) is 154 Å². The molecule has 2 amide bonds. The van der Waals surface area contributed by atoms with E-state index in [1.54, 1.807) is 49.9 Å². The Morgan fingerprint density at radius 3 is 1.31 bits per heavy atom. The third-order valence-electron chi connectivity index (χ3n) is 12.4. The van der Waals surface area contributed by atoms with E-state index in [4.69, 9.17) is 4.74 Å². The summed E-state index contributed by atoms with van der Waals surface area (Å²) < 4.78 is 8.11. The first-order valence-electron chi connectivity index (χ1n) is 24.6. The molecule has 0 radical (unpaired) electrons. The average Bonchev–Trinajstić information content (AvgIpc) is 3.30. The second kappa shape index (κ2) is 29.8. The topological polar surface area (TPSA) is 222 Å². The van der Waals surface area contributed by atoms with Gasteiger partial charge in [-0.1, -0.05) is 71.5 Å². The molecule has 6 rings (SSSR count). The minimum Gasteiger partial charge on any atom is -0.870 e. The number of carboxylic acids is 1. The molecule has 2 unspecified atom stereocenters. The molecule has 75 heavy (non-hydrogen) atoms. The minimum atomic E-state index is -1.03. The Morgan fingerprint density at radius 2 is 0.973 bits per heavy atom. The first-order valence-corrected chi connectivity index (χ1v) is 24.6. The van der Waals surface area contributed by atoms with Crippen LogP contribution in [0.25, 0.3) is 22.5 Å². The Hall–Kier alpha value is -6.92.